The standard InChI is InChI=1S/C14H11BrN4O3/c1-18-13-11(12(21)17-14(18)22)16-7-19(13)6-10(20)8-2-4-9(15)5-3-8/h2-5,7H,6H2,1H3,(H,17,21,22). The van der Waals surface area contributed by atoms with Gasteiger partial charge in [0.25, 0.3) is 5.56 Å². The number of fused-ring (bicyclic) bond motifs is 1. The van der Waals surface area contributed by atoms with Crippen molar-refractivity contribution >= 4 is 32.9 Å². The van der Waals surface area contributed by atoms with Crippen LogP contribution >= 0.6 is 15.9 Å². The molecule has 0 aliphatic rings. The molecule has 0 bridgehead atoms. The number of benzene rings is 1. The van der Waals surface area contributed by atoms with E-state index in [9.17, 15) is 14.4 Å². The molecule has 2 aromatic heterocycles. The molecule has 112 valence electrons. The molecule has 1 aromatic carbocycles. The van der Waals surface area contributed by atoms with Crippen molar-refractivity contribution in [3.63, 3.8) is 0 Å². The van der Waals surface area contributed by atoms with Crippen LogP contribution in [0.1, 0.15) is 10.4 Å². The number of nitrogens with one attached hydrogen (secondary N) is 1. The highest BCUT2D eigenvalue weighted by Crippen LogP contribution is 2.13. The van der Waals surface area contributed by atoms with Crippen LogP contribution in [0.4, 0.5) is 0 Å². The maximum absolute atomic E-state index is 12.3. The van der Waals surface area contributed by atoms with E-state index < -0.39 is 11.2 Å². The van der Waals surface area contributed by atoms with Crippen LogP contribution in [0.2, 0.25) is 0 Å². The van der Waals surface area contributed by atoms with Crippen LogP contribution < -0.4 is 11.2 Å². The number of carbonyl (C=O) groups is 1. The number of hydrogen-bond donors (Lipinski definition) is 1. The van der Waals surface area contributed by atoms with Gasteiger partial charge >= 0.3 is 5.69 Å². The summed E-state index contributed by atoms with van der Waals surface area (Å²) in [5.74, 6) is -0.139. The lowest BCUT2D eigenvalue weighted by Gasteiger charge is -2.06. The predicted octanol–water partition coefficient (Wildman–Crippen LogP) is 1.07. The molecular formula is C14H11BrN4O3. The quantitative estimate of drug-likeness (QED) is 0.705. The number of H-pyrrole nitrogens is 1. The lowest BCUT2D eigenvalue weighted by molar-refractivity contribution is 0.0973. The predicted molar refractivity (Wildman–Crippen MR) is 84.1 cm³/mol. The highest BCUT2D eigenvalue weighted by molar-refractivity contribution is 9.10. The summed E-state index contributed by atoms with van der Waals surface area (Å²) >= 11 is 3.31. The van der Waals surface area contributed by atoms with Gasteiger partial charge in [-0.1, -0.05) is 28.1 Å². The Kier molecular flexibility index (Phi) is 3.53. The molecule has 2 heterocycles. The van der Waals surface area contributed by atoms with Gasteiger partial charge in [0, 0.05) is 17.1 Å². The number of carbonyl (C=O) groups excluding carboxylic acids is 1. The SMILES string of the molecule is Cn1c(=O)[nH]c(=O)c2ncn(CC(=O)c3ccc(Br)cc3)c21. The number of hydrogen-bond acceptors (Lipinski definition) is 4. The van der Waals surface area contributed by atoms with Crippen molar-refractivity contribution in [1.29, 1.82) is 0 Å². The third kappa shape index (κ3) is 2.41. The first-order chi connectivity index (χ1) is 10.5. The van der Waals surface area contributed by atoms with Gasteiger partial charge in [0.05, 0.1) is 12.9 Å². The molecule has 0 amide bonds. The number of imidazole rings is 1. The van der Waals surface area contributed by atoms with E-state index in [2.05, 4.69) is 25.9 Å². The summed E-state index contributed by atoms with van der Waals surface area (Å²) in [6.07, 6.45) is 1.39. The van der Waals surface area contributed by atoms with Crippen molar-refractivity contribution in [2.24, 2.45) is 7.05 Å². The summed E-state index contributed by atoms with van der Waals surface area (Å²) in [5, 5.41) is 0. The molecule has 0 spiro atoms. The minimum absolute atomic E-state index is 0.00509. The first-order valence-corrected chi connectivity index (χ1v) is 7.19. The summed E-state index contributed by atoms with van der Waals surface area (Å²) in [5.41, 5.74) is -0.118. The Labute approximate surface area is 132 Å². The number of aromatic amines is 1. The highest BCUT2D eigenvalue weighted by Gasteiger charge is 2.14. The van der Waals surface area contributed by atoms with Gasteiger partial charge in [-0.15, -0.1) is 0 Å². The average Bonchev–Trinajstić information content (AvgIpc) is 2.90. The second-order valence-electron chi connectivity index (χ2n) is 4.79. The molecule has 0 saturated heterocycles. The molecule has 0 aliphatic heterocycles. The fraction of sp³-hybridized carbons (Fsp3) is 0.143. The minimum atomic E-state index is -0.562. The normalized spacial score (nSPS) is 11.0. The highest BCUT2D eigenvalue weighted by atomic mass is 79.9. The monoisotopic (exact) mass is 362 g/mol. The van der Waals surface area contributed by atoms with Crippen molar-refractivity contribution < 1.29 is 4.79 Å². The Morgan fingerprint density at radius 2 is 1.95 bits per heavy atom. The minimum Gasteiger partial charge on any atom is -0.309 e. The van der Waals surface area contributed by atoms with Crippen LogP contribution in [0.5, 0.6) is 0 Å². The molecule has 1 N–H and O–H groups in total. The van der Waals surface area contributed by atoms with Crippen LogP contribution in [0, 0.1) is 0 Å². The van der Waals surface area contributed by atoms with Crippen LogP contribution in [-0.4, -0.2) is 24.9 Å². The van der Waals surface area contributed by atoms with E-state index in [1.807, 2.05) is 0 Å². The van der Waals surface area contributed by atoms with Gasteiger partial charge in [-0.25, -0.2) is 9.78 Å². The average molecular weight is 363 g/mol. The largest absolute Gasteiger partial charge is 0.329 e. The lowest BCUT2D eigenvalue weighted by atomic mass is 10.1. The molecule has 3 rings (SSSR count). The fourth-order valence-corrected chi connectivity index (χ4v) is 2.49. The third-order valence-electron chi connectivity index (χ3n) is 3.35. The topological polar surface area (TPSA) is 89.8 Å². The smallest absolute Gasteiger partial charge is 0.309 e. The molecule has 8 heteroatoms. The van der Waals surface area contributed by atoms with Gasteiger partial charge in [0.2, 0.25) is 0 Å². The van der Waals surface area contributed by atoms with Gasteiger partial charge in [-0.05, 0) is 12.1 Å². The van der Waals surface area contributed by atoms with Gasteiger partial charge in [-0.3, -0.25) is 19.1 Å². The second-order valence-corrected chi connectivity index (χ2v) is 5.71. The summed E-state index contributed by atoms with van der Waals surface area (Å²) in [7, 11) is 1.52. The maximum Gasteiger partial charge on any atom is 0.329 e. The molecule has 7 nitrogen and oxygen atoms in total. The van der Waals surface area contributed by atoms with Crippen LogP contribution in [0.3, 0.4) is 0 Å². The molecular weight excluding hydrogens is 352 g/mol. The number of nitrogens with zero attached hydrogens (tertiary/aromatic N) is 3. The van der Waals surface area contributed by atoms with E-state index in [0.717, 1.165) is 4.47 Å². The van der Waals surface area contributed by atoms with Gasteiger partial charge in [0.1, 0.15) is 5.65 Å². The lowest BCUT2D eigenvalue weighted by Crippen LogP contribution is -2.29. The molecule has 22 heavy (non-hydrogen) atoms. The molecule has 0 aliphatic carbocycles. The Hall–Kier alpha value is -2.48. The number of aromatic nitrogens is 4. The maximum atomic E-state index is 12.3. The number of halogens is 1. The van der Waals surface area contributed by atoms with E-state index >= 15 is 0 Å². The molecule has 0 fully saturated rings. The van der Waals surface area contributed by atoms with Crippen LogP contribution in [0.25, 0.3) is 11.2 Å². The fourth-order valence-electron chi connectivity index (χ4n) is 2.22. The molecule has 3 aromatic rings. The van der Waals surface area contributed by atoms with Crippen molar-refractivity contribution in [1.82, 2.24) is 19.1 Å². The van der Waals surface area contributed by atoms with Crippen LogP contribution in [0.15, 0.2) is 44.7 Å². The van der Waals surface area contributed by atoms with Crippen molar-refractivity contribution in [3.8, 4) is 0 Å². The van der Waals surface area contributed by atoms with Crippen LogP contribution in [-0.2, 0) is 13.6 Å². The number of aryl methyl sites for hydroxylation is 1. The Balaban J connectivity index is 2.05. The summed E-state index contributed by atoms with van der Waals surface area (Å²) < 4.78 is 3.64. The van der Waals surface area contributed by atoms with E-state index in [1.54, 1.807) is 24.3 Å². The van der Waals surface area contributed by atoms with Crippen molar-refractivity contribution in [2.45, 2.75) is 6.54 Å². The number of rotatable bonds is 3. The van der Waals surface area contributed by atoms with Gasteiger partial charge in [0.15, 0.2) is 11.3 Å². The van der Waals surface area contributed by atoms with Crippen molar-refractivity contribution in [2.75, 3.05) is 0 Å². The summed E-state index contributed by atoms with van der Waals surface area (Å²) in [4.78, 5) is 41.9. The first kappa shape index (κ1) is 14.5. The van der Waals surface area contributed by atoms with E-state index in [4.69, 9.17) is 0 Å². The van der Waals surface area contributed by atoms with E-state index in [-0.39, 0.29) is 17.8 Å². The third-order valence-corrected chi connectivity index (χ3v) is 3.88. The molecule has 0 atom stereocenters. The van der Waals surface area contributed by atoms with E-state index in [0.29, 0.717) is 11.2 Å². The van der Waals surface area contributed by atoms with Gasteiger partial charge < -0.3 is 4.57 Å². The molecule has 0 unspecified atom stereocenters. The molecule has 0 saturated carbocycles. The van der Waals surface area contributed by atoms with Crippen molar-refractivity contribution in [3.05, 3.63) is 61.5 Å². The zero-order chi connectivity index (χ0) is 15.9. The zero-order valence-corrected chi connectivity index (χ0v) is 13.1. The number of Topliss-reactive ketones (excluding diaryl/α,β-unsaturated/α-hetero) is 1. The summed E-state index contributed by atoms with van der Waals surface area (Å²) in [6.45, 7) is -0.00509. The Bertz CT molecular complexity index is 982. The Morgan fingerprint density at radius 3 is 2.64 bits per heavy atom. The summed E-state index contributed by atoms with van der Waals surface area (Å²) in [6, 6.07) is 6.97. The Morgan fingerprint density at radius 1 is 1.27 bits per heavy atom. The number of ketones is 1. The first-order valence-electron chi connectivity index (χ1n) is 6.40. The van der Waals surface area contributed by atoms with Gasteiger partial charge in [-0.2, -0.15) is 0 Å². The second kappa shape index (κ2) is 5.38. The molecule has 0 radical (unpaired) electrons. The van der Waals surface area contributed by atoms with E-state index in [1.165, 1.54) is 22.5 Å². The zero-order valence-electron chi connectivity index (χ0n) is 11.5.